The summed E-state index contributed by atoms with van der Waals surface area (Å²) in [4.78, 5) is 13.3. The standard InChI is InChI=1S/C11H21NO2/c1-3-12(2)10(13)9-11(14)7-5-4-6-8-11/h14H,3-9H2,1-2H3. The van der Waals surface area contributed by atoms with Crippen molar-refractivity contribution in [3.05, 3.63) is 0 Å². The zero-order valence-electron chi connectivity index (χ0n) is 9.25. The molecule has 0 bridgehead atoms. The topological polar surface area (TPSA) is 40.5 Å². The summed E-state index contributed by atoms with van der Waals surface area (Å²) in [5.74, 6) is 0.0666. The first-order chi connectivity index (χ1) is 6.57. The molecule has 3 nitrogen and oxygen atoms in total. The maximum absolute atomic E-state index is 11.6. The number of rotatable bonds is 3. The third kappa shape index (κ3) is 2.98. The molecule has 3 heteroatoms. The minimum Gasteiger partial charge on any atom is -0.389 e. The summed E-state index contributed by atoms with van der Waals surface area (Å²) in [5.41, 5.74) is -0.710. The van der Waals surface area contributed by atoms with Crippen LogP contribution in [0.25, 0.3) is 0 Å². The minimum absolute atomic E-state index is 0.0666. The first-order valence-corrected chi connectivity index (χ1v) is 5.54. The molecule has 0 aliphatic heterocycles. The van der Waals surface area contributed by atoms with Gasteiger partial charge >= 0.3 is 0 Å². The Morgan fingerprint density at radius 3 is 2.43 bits per heavy atom. The lowest BCUT2D eigenvalue weighted by atomic mass is 9.82. The van der Waals surface area contributed by atoms with Gasteiger partial charge in [0.25, 0.3) is 0 Å². The highest BCUT2D eigenvalue weighted by Crippen LogP contribution is 2.31. The van der Waals surface area contributed by atoms with E-state index >= 15 is 0 Å². The number of carbonyl (C=O) groups is 1. The normalized spacial score (nSPS) is 20.5. The first-order valence-electron chi connectivity index (χ1n) is 5.54. The van der Waals surface area contributed by atoms with E-state index in [0.717, 1.165) is 32.2 Å². The van der Waals surface area contributed by atoms with E-state index in [1.807, 2.05) is 6.92 Å². The first kappa shape index (κ1) is 11.5. The lowest BCUT2D eigenvalue weighted by Gasteiger charge is -2.32. The second-order valence-corrected chi connectivity index (χ2v) is 4.37. The van der Waals surface area contributed by atoms with Crippen molar-refractivity contribution in [3.8, 4) is 0 Å². The molecule has 1 N–H and O–H groups in total. The van der Waals surface area contributed by atoms with E-state index < -0.39 is 5.60 Å². The van der Waals surface area contributed by atoms with E-state index in [0.29, 0.717) is 6.42 Å². The Labute approximate surface area is 86.1 Å². The number of hydrogen-bond acceptors (Lipinski definition) is 2. The van der Waals surface area contributed by atoms with Crippen LogP contribution in [0.15, 0.2) is 0 Å². The molecule has 1 saturated carbocycles. The molecule has 0 radical (unpaired) electrons. The molecular weight excluding hydrogens is 178 g/mol. The number of hydrogen-bond donors (Lipinski definition) is 1. The summed E-state index contributed by atoms with van der Waals surface area (Å²) in [5, 5.41) is 10.1. The van der Waals surface area contributed by atoms with Crippen molar-refractivity contribution in [3.63, 3.8) is 0 Å². The summed E-state index contributed by atoms with van der Waals surface area (Å²) < 4.78 is 0. The van der Waals surface area contributed by atoms with Gasteiger partial charge in [-0.05, 0) is 19.8 Å². The van der Waals surface area contributed by atoms with Crippen LogP contribution in [0.5, 0.6) is 0 Å². The summed E-state index contributed by atoms with van der Waals surface area (Å²) >= 11 is 0. The van der Waals surface area contributed by atoms with Gasteiger partial charge in [-0.1, -0.05) is 19.3 Å². The van der Waals surface area contributed by atoms with Crippen LogP contribution >= 0.6 is 0 Å². The molecule has 82 valence electrons. The van der Waals surface area contributed by atoms with Gasteiger partial charge in [-0.15, -0.1) is 0 Å². The van der Waals surface area contributed by atoms with Crippen LogP contribution in [-0.4, -0.2) is 35.1 Å². The zero-order chi connectivity index (χ0) is 10.6. The second-order valence-electron chi connectivity index (χ2n) is 4.37. The van der Waals surface area contributed by atoms with E-state index in [1.165, 1.54) is 6.42 Å². The fourth-order valence-electron chi connectivity index (χ4n) is 1.98. The van der Waals surface area contributed by atoms with Gasteiger partial charge in [0.05, 0.1) is 12.0 Å². The van der Waals surface area contributed by atoms with Gasteiger partial charge in [0, 0.05) is 13.6 Å². The van der Waals surface area contributed by atoms with Crippen molar-refractivity contribution in [2.75, 3.05) is 13.6 Å². The Balaban J connectivity index is 2.44. The Morgan fingerprint density at radius 2 is 1.93 bits per heavy atom. The average molecular weight is 199 g/mol. The van der Waals surface area contributed by atoms with Crippen molar-refractivity contribution in [1.29, 1.82) is 0 Å². The Morgan fingerprint density at radius 1 is 1.36 bits per heavy atom. The molecule has 0 atom stereocenters. The zero-order valence-corrected chi connectivity index (χ0v) is 9.25. The van der Waals surface area contributed by atoms with Gasteiger partial charge in [0.15, 0.2) is 0 Å². The molecule has 1 fully saturated rings. The van der Waals surface area contributed by atoms with E-state index in [1.54, 1.807) is 11.9 Å². The largest absolute Gasteiger partial charge is 0.389 e. The van der Waals surface area contributed by atoms with E-state index in [2.05, 4.69) is 0 Å². The van der Waals surface area contributed by atoms with Gasteiger partial charge in [0.1, 0.15) is 0 Å². The maximum Gasteiger partial charge on any atom is 0.225 e. The quantitative estimate of drug-likeness (QED) is 0.749. The smallest absolute Gasteiger partial charge is 0.225 e. The highest BCUT2D eigenvalue weighted by atomic mass is 16.3. The Bertz CT molecular complexity index is 197. The van der Waals surface area contributed by atoms with Gasteiger partial charge < -0.3 is 10.0 Å². The van der Waals surface area contributed by atoms with Crippen molar-refractivity contribution in [2.24, 2.45) is 0 Å². The highest BCUT2D eigenvalue weighted by molar-refractivity contribution is 5.76. The third-order valence-corrected chi connectivity index (χ3v) is 3.16. The number of carbonyl (C=O) groups excluding carboxylic acids is 1. The number of nitrogens with zero attached hydrogens (tertiary/aromatic N) is 1. The molecule has 0 aromatic heterocycles. The van der Waals surface area contributed by atoms with Gasteiger partial charge in [0.2, 0.25) is 5.91 Å². The SMILES string of the molecule is CCN(C)C(=O)CC1(O)CCCCC1. The van der Waals surface area contributed by atoms with Crippen LogP contribution in [0, 0.1) is 0 Å². The molecular formula is C11H21NO2. The average Bonchev–Trinajstić information content (AvgIpc) is 2.17. The molecule has 0 aromatic rings. The lowest BCUT2D eigenvalue weighted by Crippen LogP contribution is -2.39. The summed E-state index contributed by atoms with van der Waals surface area (Å²) in [7, 11) is 1.79. The van der Waals surface area contributed by atoms with E-state index in [9.17, 15) is 9.90 Å². The van der Waals surface area contributed by atoms with Crippen LogP contribution in [0.2, 0.25) is 0 Å². The van der Waals surface area contributed by atoms with Crippen molar-refractivity contribution in [2.45, 2.75) is 51.0 Å². The molecule has 0 heterocycles. The summed E-state index contributed by atoms with van der Waals surface area (Å²) in [6.07, 6.45) is 5.18. The number of aliphatic hydroxyl groups is 1. The molecule has 1 amide bonds. The monoisotopic (exact) mass is 199 g/mol. The molecule has 14 heavy (non-hydrogen) atoms. The van der Waals surface area contributed by atoms with Crippen molar-refractivity contribution >= 4 is 5.91 Å². The van der Waals surface area contributed by atoms with Crippen molar-refractivity contribution in [1.82, 2.24) is 4.90 Å². The van der Waals surface area contributed by atoms with Gasteiger partial charge in [-0.3, -0.25) is 4.79 Å². The van der Waals surface area contributed by atoms with Gasteiger partial charge in [-0.2, -0.15) is 0 Å². The Hall–Kier alpha value is -0.570. The molecule has 0 spiro atoms. The van der Waals surface area contributed by atoms with Crippen LogP contribution in [0.1, 0.15) is 45.4 Å². The molecule has 0 aromatic carbocycles. The van der Waals surface area contributed by atoms with Crippen LogP contribution in [0.3, 0.4) is 0 Å². The predicted molar refractivity (Wildman–Crippen MR) is 56.0 cm³/mol. The van der Waals surface area contributed by atoms with E-state index in [-0.39, 0.29) is 5.91 Å². The number of amides is 1. The predicted octanol–water partition coefficient (Wildman–Crippen LogP) is 1.55. The fourth-order valence-corrected chi connectivity index (χ4v) is 1.98. The van der Waals surface area contributed by atoms with E-state index in [4.69, 9.17) is 0 Å². The van der Waals surface area contributed by atoms with Crippen LogP contribution in [0.4, 0.5) is 0 Å². The van der Waals surface area contributed by atoms with Crippen molar-refractivity contribution < 1.29 is 9.90 Å². The van der Waals surface area contributed by atoms with Crippen LogP contribution in [-0.2, 0) is 4.79 Å². The third-order valence-electron chi connectivity index (χ3n) is 3.16. The molecule has 0 saturated heterocycles. The summed E-state index contributed by atoms with van der Waals surface area (Å²) in [6.45, 7) is 2.66. The van der Waals surface area contributed by atoms with Gasteiger partial charge in [-0.25, -0.2) is 0 Å². The molecule has 1 aliphatic rings. The van der Waals surface area contributed by atoms with Crippen LogP contribution < -0.4 is 0 Å². The molecule has 1 aliphatic carbocycles. The highest BCUT2D eigenvalue weighted by Gasteiger charge is 2.32. The summed E-state index contributed by atoms with van der Waals surface area (Å²) in [6, 6.07) is 0. The second kappa shape index (κ2) is 4.78. The fraction of sp³-hybridized carbons (Fsp3) is 0.909. The Kier molecular flexibility index (Phi) is 3.93. The minimum atomic E-state index is -0.710. The maximum atomic E-state index is 11.6. The lowest BCUT2D eigenvalue weighted by molar-refractivity contribution is -0.136. The molecule has 1 rings (SSSR count). The molecule has 0 unspecified atom stereocenters.